The summed E-state index contributed by atoms with van der Waals surface area (Å²) in [6, 6.07) is 1.69. The van der Waals surface area contributed by atoms with E-state index in [-0.39, 0.29) is 11.4 Å². The standard InChI is InChI=1S/C11H12BrNO2/c1-2-11(4-5-11)10(14)15-9-3-6-13-7-8(9)12/h3,6-7H,2,4-5H2,1H3. The van der Waals surface area contributed by atoms with E-state index in [0.717, 1.165) is 19.3 Å². The first-order chi connectivity index (χ1) is 7.18. The van der Waals surface area contributed by atoms with Gasteiger partial charge in [0.1, 0.15) is 5.75 Å². The number of aromatic nitrogens is 1. The van der Waals surface area contributed by atoms with E-state index in [0.29, 0.717) is 10.2 Å². The fourth-order valence-corrected chi connectivity index (χ4v) is 1.84. The molecule has 80 valence electrons. The molecule has 2 rings (SSSR count). The number of hydrogen-bond donors (Lipinski definition) is 0. The predicted molar refractivity (Wildman–Crippen MR) is 59.5 cm³/mol. The second-order valence-corrected chi connectivity index (χ2v) is 4.68. The molecule has 0 atom stereocenters. The van der Waals surface area contributed by atoms with Gasteiger partial charge in [0.15, 0.2) is 0 Å². The molecule has 0 amide bonds. The fraction of sp³-hybridized carbons (Fsp3) is 0.455. The lowest BCUT2D eigenvalue weighted by Gasteiger charge is -2.12. The van der Waals surface area contributed by atoms with Crippen LogP contribution in [0.4, 0.5) is 0 Å². The molecule has 0 radical (unpaired) electrons. The van der Waals surface area contributed by atoms with Gasteiger partial charge in [0.25, 0.3) is 0 Å². The zero-order valence-corrected chi connectivity index (χ0v) is 10.1. The molecule has 0 bridgehead atoms. The summed E-state index contributed by atoms with van der Waals surface area (Å²) < 4.78 is 6.05. The van der Waals surface area contributed by atoms with Gasteiger partial charge in [0.05, 0.1) is 9.89 Å². The van der Waals surface area contributed by atoms with E-state index < -0.39 is 0 Å². The molecule has 1 fully saturated rings. The Bertz CT molecular complexity index is 388. The van der Waals surface area contributed by atoms with Crippen LogP contribution in [0.5, 0.6) is 5.75 Å². The lowest BCUT2D eigenvalue weighted by atomic mass is 10.1. The molecule has 15 heavy (non-hydrogen) atoms. The largest absolute Gasteiger partial charge is 0.425 e. The maximum absolute atomic E-state index is 11.8. The maximum atomic E-state index is 11.8. The molecule has 0 saturated heterocycles. The van der Waals surface area contributed by atoms with Crippen LogP contribution in [0.25, 0.3) is 0 Å². The Labute approximate surface area is 97.0 Å². The van der Waals surface area contributed by atoms with Crippen LogP contribution in [-0.4, -0.2) is 11.0 Å². The second-order valence-electron chi connectivity index (χ2n) is 3.83. The van der Waals surface area contributed by atoms with Gasteiger partial charge in [0, 0.05) is 18.5 Å². The van der Waals surface area contributed by atoms with E-state index in [1.165, 1.54) is 0 Å². The number of nitrogens with zero attached hydrogens (tertiary/aromatic N) is 1. The maximum Gasteiger partial charge on any atom is 0.317 e. The number of ether oxygens (including phenoxy) is 1. The van der Waals surface area contributed by atoms with E-state index in [2.05, 4.69) is 20.9 Å². The SMILES string of the molecule is CCC1(C(=O)Oc2ccncc2Br)CC1. The zero-order valence-electron chi connectivity index (χ0n) is 8.50. The first kappa shape index (κ1) is 10.6. The summed E-state index contributed by atoms with van der Waals surface area (Å²) in [6.07, 6.45) is 5.98. The molecule has 4 heteroatoms. The molecule has 1 aliphatic rings. The molecule has 1 aromatic rings. The van der Waals surface area contributed by atoms with Crippen molar-refractivity contribution in [3.05, 3.63) is 22.9 Å². The van der Waals surface area contributed by atoms with Crippen LogP contribution in [0.3, 0.4) is 0 Å². The Hall–Kier alpha value is -0.900. The average molecular weight is 270 g/mol. The minimum absolute atomic E-state index is 0.114. The molecule has 0 spiro atoms. The predicted octanol–water partition coefficient (Wildman–Crippen LogP) is 2.94. The van der Waals surface area contributed by atoms with Gasteiger partial charge >= 0.3 is 5.97 Å². The molecule has 1 saturated carbocycles. The Kier molecular flexibility index (Phi) is 2.78. The number of rotatable bonds is 3. The van der Waals surface area contributed by atoms with Crippen molar-refractivity contribution < 1.29 is 9.53 Å². The number of hydrogen-bond acceptors (Lipinski definition) is 3. The molecule has 0 aromatic carbocycles. The van der Waals surface area contributed by atoms with Crippen molar-refractivity contribution in [2.75, 3.05) is 0 Å². The Balaban J connectivity index is 2.10. The fourth-order valence-electron chi connectivity index (χ4n) is 1.51. The zero-order chi connectivity index (χ0) is 10.9. The summed E-state index contributed by atoms with van der Waals surface area (Å²) in [5.41, 5.74) is -0.206. The van der Waals surface area contributed by atoms with Crippen LogP contribution in [0.1, 0.15) is 26.2 Å². The van der Waals surface area contributed by atoms with Gasteiger partial charge in [0.2, 0.25) is 0 Å². The van der Waals surface area contributed by atoms with Crippen LogP contribution < -0.4 is 4.74 Å². The Morgan fingerprint density at radius 3 is 2.93 bits per heavy atom. The molecular weight excluding hydrogens is 258 g/mol. The van der Waals surface area contributed by atoms with Gasteiger partial charge in [-0.05, 0) is 35.2 Å². The van der Waals surface area contributed by atoms with Gasteiger partial charge in [-0.3, -0.25) is 9.78 Å². The first-order valence-electron chi connectivity index (χ1n) is 5.00. The van der Waals surface area contributed by atoms with Crippen LogP contribution in [0.15, 0.2) is 22.9 Å². The van der Waals surface area contributed by atoms with Crippen molar-refractivity contribution >= 4 is 21.9 Å². The van der Waals surface area contributed by atoms with Crippen molar-refractivity contribution in [2.24, 2.45) is 5.41 Å². The van der Waals surface area contributed by atoms with E-state index in [4.69, 9.17) is 4.74 Å². The van der Waals surface area contributed by atoms with Gasteiger partial charge in [-0.15, -0.1) is 0 Å². The van der Waals surface area contributed by atoms with E-state index >= 15 is 0 Å². The van der Waals surface area contributed by atoms with E-state index in [1.807, 2.05) is 6.92 Å². The molecule has 3 nitrogen and oxygen atoms in total. The topological polar surface area (TPSA) is 39.2 Å². The summed E-state index contributed by atoms with van der Waals surface area (Å²) in [6.45, 7) is 2.02. The molecular formula is C11H12BrNO2. The summed E-state index contributed by atoms with van der Waals surface area (Å²) >= 11 is 3.29. The highest BCUT2D eigenvalue weighted by molar-refractivity contribution is 9.10. The third-order valence-electron chi connectivity index (χ3n) is 2.90. The molecule has 0 N–H and O–H groups in total. The Morgan fingerprint density at radius 1 is 1.67 bits per heavy atom. The lowest BCUT2D eigenvalue weighted by Crippen LogP contribution is -2.21. The lowest BCUT2D eigenvalue weighted by molar-refractivity contribution is -0.140. The van der Waals surface area contributed by atoms with Crippen LogP contribution in [-0.2, 0) is 4.79 Å². The van der Waals surface area contributed by atoms with Crippen molar-refractivity contribution in [1.29, 1.82) is 0 Å². The van der Waals surface area contributed by atoms with Crippen molar-refractivity contribution in [2.45, 2.75) is 26.2 Å². The van der Waals surface area contributed by atoms with Crippen molar-refractivity contribution in [1.82, 2.24) is 4.98 Å². The van der Waals surface area contributed by atoms with Crippen molar-refractivity contribution in [3.63, 3.8) is 0 Å². The molecule has 0 aliphatic heterocycles. The number of carbonyl (C=O) groups is 1. The summed E-state index contributed by atoms with van der Waals surface area (Å²) in [7, 11) is 0. The molecule has 1 aliphatic carbocycles. The van der Waals surface area contributed by atoms with E-state index in [9.17, 15) is 4.79 Å². The Morgan fingerprint density at radius 2 is 2.40 bits per heavy atom. The third-order valence-corrected chi connectivity index (χ3v) is 3.50. The van der Waals surface area contributed by atoms with Crippen LogP contribution in [0.2, 0.25) is 0 Å². The van der Waals surface area contributed by atoms with Crippen LogP contribution >= 0.6 is 15.9 Å². The number of carbonyl (C=O) groups excluding carboxylic acids is 1. The van der Waals surface area contributed by atoms with Gasteiger partial charge in [-0.2, -0.15) is 0 Å². The smallest absolute Gasteiger partial charge is 0.317 e. The second kappa shape index (κ2) is 3.93. The van der Waals surface area contributed by atoms with Crippen molar-refractivity contribution in [3.8, 4) is 5.75 Å². The highest BCUT2D eigenvalue weighted by Gasteiger charge is 2.49. The monoisotopic (exact) mass is 269 g/mol. The minimum atomic E-state index is -0.206. The number of pyridine rings is 1. The molecule has 1 aromatic heterocycles. The van der Waals surface area contributed by atoms with Gasteiger partial charge in [-0.25, -0.2) is 0 Å². The quantitative estimate of drug-likeness (QED) is 0.793. The minimum Gasteiger partial charge on any atom is -0.425 e. The highest BCUT2D eigenvalue weighted by atomic mass is 79.9. The van der Waals surface area contributed by atoms with Gasteiger partial charge < -0.3 is 4.74 Å². The molecule has 0 unspecified atom stereocenters. The third kappa shape index (κ3) is 2.04. The van der Waals surface area contributed by atoms with Crippen LogP contribution in [0, 0.1) is 5.41 Å². The van der Waals surface area contributed by atoms with E-state index in [1.54, 1.807) is 18.5 Å². The first-order valence-corrected chi connectivity index (χ1v) is 5.79. The summed E-state index contributed by atoms with van der Waals surface area (Å²) in [5.74, 6) is 0.437. The molecule has 1 heterocycles. The average Bonchev–Trinajstić information content (AvgIpc) is 3.02. The highest BCUT2D eigenvalue weighted by Crippen LogP contribution is 2.49. The summed E-state index contributed by atoms with van der Waals surface area (Å²) in [4.78, 5) is 15.7. The normalized spacial score (nSPS) is 17.2. The number of esters is 1. The number of halogens is 1. The van der Waals surface area contributed by atoms with Gasteiger partial charge in [-0.1, -0.05) is 6.92 Å². The summed E-state index contributed by atoms with van der Waals surface area (Å²) in [5, 5.41) is 0.